The maximum Gasteiger partial charge on any atom is 0.326 e. The molecule has 0 aromatic carbocycles. The zero-order chi connectivity index (χ0) is 18.2. The third kappa shape index (κ3) is 7.43. The van der Waals surface area contributed by atoms with Crippen LogP contribution in [-0.4, -0.2) is 52.7 Å². The number of aliphatic hydroxyl groups excluding tert-OH is 1. The number of aliphatic hydroxyl groups is 1. The van der Waals surface area contributed by atoms with Crippen LogP contribution in [0.15, 0.2) is 0 Å². The lowest BCUT2D eigenvalue weighted by Crippen LogP contribution is -2.56. The Morgan fingerprint density at radius 3 is 1.96 bits per heavy atom. The summed E-state index contributed by atoms with van der Waals surface area (Å²) in [5.74, 6) is -2.47. The number of amides is 2. The summed E-state index contributed by atoms with van der Waals surface area (Å²) in [6, 6.07) is -3.10. The molecule has 0 heterocycles. The van der Waals surface area contributed by atoms with Crippen molar-refractivity contribution in [3.05, 3.63) is 0 Å². The molecule has 4 atom stereocenters. The first-order chi connectivity index (χ1) is 10.6. The minimum Gasteiger partial charge on any atom is -0.480 e. The summed E-state index contributed by atoms with van der Waals surface area (Å²) in [7, 11) is 0. The molecular formula is C15H29N3O5. The van der Waals surface area contributed by atoms with E-state index in [1.807, 2.05) is 20.8 Å². The molecule has 23 heavy (non-hydrogen) atoms. The summed E-state index contributed by atoms with van der Waals surface area (Å²) in [5.41, 5.74) is 5.77. The smallest absolute Gasteiger partial charge is 0.326 e. The molecule has 0 aliphatic heterocycles. The van der Waals surface area contributed by atoms with Crippen LogP contribution in [0.5, 0.6) is 0 Å². The van der Waals surface area contributed by atoms with Gasteiger partial charge in [-0.2, -0.15) is 0 Å². The Kier molecular flexibility index (Phi) is 9.43. The van der Waals surface area contributed by atoms with Gasteiger partial charge in [-0.3, -0.25) is 9.59 Å². The van der Waals surface area contributed by atoms with E-state index in [9.17, 15) is 19.5 Å². The van der Waals surface area contributed by atoms with E-state index < -0.39 is 42.5 Å². The van der Waals surface area contributed by atoms with Crippen LogP contribution in [0.1, 0.15) is 40.5 Å². The van der Waals surface area contributed by atoms with Gasteiger partial charge in [-0.15, -0.1) is 0 Å². The van der Waals surface area contributed by atoms with Crippen molar-refractivity contribution in [2.75, 3.05) is 6.61 Å². The monoisotopic (exact) mass is 331 g/mol. The number of aliphatic carboxylic acids is 1. The van der Waals surface area contributed by atoms with Crippen molar-refractivity contribution in [3.8, 4) is 0 Å². The van der Waals surface area contributed by atoms with Gasteiger partial charge in [0.25, 0.3) is 0 Å². The number of carboxylic acids is 1. The van der Waals surface area contributed by atoms with Crippen LogP contribution in [-0.2, 0) is 14.4 Å². The van der Waals surface area contributed by atoms with Crippen LogP contribution in [0.3, 0.4) is 0 Å². The van der Waals surface area contributed by atoms with Crippen LogP contribution in [0.4, 0.5) is 0 Å². The number of hydrogen-bond donors (Lipinski definition) is 5. The van der Waals surface area contributed by atoms with Crippen LogP contribution >= 0.6 is 0 Å². The topological polar surface area (TPSA) is 142 Å². The van der Waals surface area contributed by atoms with E-state index in [1.54, 1.807) is 6.92 Å². The predicted octanol–water partition coefficient (Wildman–Crippen LogP) is -0.548. The minimum atomic E-state index is -1.23. The number of rotatable bonds is 10. The number of carbonyl (C=O) groups excluding carboxylic acids is 2. The molecule has 8 nitrogen and oxygen atoms in total. The number of nitrogens with one attached hydrogen (secondary N) is 2. The van der Waals surface area contributed by atoms with Crippen molar-refractivity contribution < 1.29 is 24.6 Å². The second kappa shape index (κ2) is 10.2. The first-order valence-electron chi connectivity index (χ1n) is 7.83. The lowest BCUT2D eigenvalue weighted by molar-refractivity contribution is -0.143. The molecule has 0 spiro atoms. The number of carboxylic acid groups (broad SMARTS) is 1. The van der Waals surface area contributed by atoms with Gasteiger partial charge >= 0.3 is 5.97 Å². The van der Waals surface area contributed by atoms with E-state index in [0.717, 1.165) is 0 Å². The van der Waals surface area contributed by atoms with E-state index >= 15 is 0 Å². The van der Waals surface area contributed by atoms with Gasteiger partial charge in [0.2, 0.25) is 11.8 Å². The molecule has 2 amide bonds. The van der Waals surface area contributed by atoms with Gasteiger partial charge in [-0.25, -0.2) is 4.79 Å². The number of hydrogen-bond acceptors (Lipinski definition) is 5. The fourth-order valence-corrected chi connectivity index (χ4v) is 1.94. The lowest BCUT2D eigenvalue weighted by Gasteiger charge is -2.23. The molecule has 0 saturated carbocycles. The van der Waals surface area contributed by atoms with Gasteiger partial charge in [-0.05, 0) is 18.3 Å². The SMILES string of the molecule is CC[C@H](C)[C@H](N)C(=O)N[C@@H](CO)C(=O)N[C@@H](CC(C)C)C(=O)O. The van der Waals surface area contributed by atoms with Crippen molar-refractivity contribution >= 4 is 17.8 Å². The van der Waals surface area contributed by atoms with Crippen LogP contribution in [0.2, 0.25) is 0 Å². The molecule has 0 saturated heterocycles. The standard InChI is InChI=1S/C15H29N3O5/c1-5-9(4)12(16)14(21)18-11(7-19)13(20)17-10(15(22)23)6-8(2)3/h8-12,19H,5-7,16H2,1-4H3,(H,17,20)(H,18,21)(H,22,23)/t9-,10-,11-,12-/m0/s1. The Balaban J connectivity index is 4.79. The zero-order valence-corrected chi connectivity index (χ0v) is 14.2. The second-order valence-corrected chi connectivity index (χ2v) is 6.18. The van der Waals surface area contributed by atoms with Crippen LogP contribution in [0, 0.1) is 11.8 Å². The summed E-state index contributed by atoms with van der Waals surface area (Å²) in [6.07, 6.45) is 0.944. The van der Waals surface area contributed by atoms with Crippen molar-refractivity contribution in [2.24, 2.45) is 17.6 Å². The van der Waals surface area contributed by atoms with Gasteiger partial charge in [0, 0.05) is 0 Å². The minimum absolute atomic E-state index is 0.0670. The molecule has 0 rings (SSSR count). The highest BCUT2D eigenvalue weighted by Crippen LogP contribution is 2.07. The Morgan fingerprint density at radius 2 is 1.57 bits per heavy atom. The molecule has 134 valence electrons. The Morgan fingerprint density at radius 1 is 1.04 bits per heavy atom. The fraction of sp³-hybridized carbons (Fsp3) is 0.800. The van der Waals surface area contributed by atoms with Gasteiger partial charge < -0.3 is 26.6 Å². The zero-order valence-electron chi connectivity index (χ0n) is 14.2. The molecule has 6 N–H and O–H groups in total. The van der Waals surface area contributed by atoms with E-state index in [4.69, 9.17) is 10.8 Å². The van der Waals surface area contributed by atoms with Gasteiger partial charge in [0.05, 0.1) is 12.6 Å². The van der Waals surface area contributed by atoms with Gasteiger partial charge in [0.1, 0.15) is 12.1 Å². The molecule has 0 aliphatic carbocycles. The quantitative estimate of drug-likeness (QED) is 0.364. The molecule has 0 fully saturated rings. The Bertz CT molecular complexity index is 414. The molecular weight excluding hydrogens is 302 g/mol. The fourth-order valence-electron chi connectivity index (χ4n) is 1.94. The van der Waals surface area contributed by atoms with Gasteiger partial charge in [0.15, 0.2) is 0 Å². The van der Waals surface area contributed by atoms with E-state index in [-0.39, 0.29) is 18.3 Å². The summed E-state index contributed by atoms with van der Waals surface area (Å²) in [4.78, 5) is 35.2. The van der Waals surface area contributed by atoms with E-state index in [2.05, 4.69) is 10.6 Å². The summed E-state index contributed by atoms with van der Waals surface area (Å²) < 4.78 is 0. The van der Waals surface area contributed by atoms with Crippen molar-refractivity contribution in [1.82, 2.24) is 10.6 Å². The average Bonchev–Trinajstić information content (AvgIpc) is 2.49. The molecule has 0 radical (unpaired) electrons. The molecule has 0 bridgehead atoms. The molecule has 0 aromatic rings. The van der Waals surface area contributed by atoms with Crippen molar-refractivity contribution in [1.29, 1.82) is 0 Å². The normalized spacial score (nSPS) is 16.3. The number of carbonyl (C=O) groups is 3. The van der Waals surface area contributed by atoms with E-state index in [0.29, 0.717) is 6.42 Å². The third-order valence-corrected chi connectivity index (χ3v) is 3.70. The Labute approximate surface area is 136 Å². The Hall–Kier alpha value is -1.67. The number of nitrogens with two attached hydrogens (primary N) is 1. The predicted molar refractivity (Wildman–Crippen MR) is 85.5 cm³/mol. The summed E-state index contributed by atoms with van der Waals surface area (Å²) >= 11 is 0. The van der Waals surface area contributed by atoms with Crippen molar-refractivity contribution in [3.63, 3.8) is 0 Å². The second-order valence-electron chi connectivity index (χ2n) is 6.18. The highest BCUT2D eigenvalue weighted by molar-refractivity contribution is 5.91. The molecule has 8 heteroatoms. The molecule has 0 aromatic heterocycles. The maximum absolute atomic E-state index is 12.1. The van der Waals surface area contributed by atoms with E-state index in [1.165, 1.54) is 0 Å². The largest absolute Gasteiger partial charge is 0.480 e. The van der Waals surface area contributed by atoms with Crippen LogP contribution < -0.4 is 16.4 Å². The first-order valence-corrected chi connectivity index (χ1v) is 7.83. The first kappa shape index (κ1) is 21.3. The average molecular weight is 331 g/mol. The van der Waals surface area contributed by atoms with Crippen molar-refractivity contribution in [2.45, 2.75) is 58.7 Å². The summed E-state index contributed by atoms with van der Waals surface area (Å²) in [6.45, 7) is 6.72. The summed E-state index contributed by atoms with van der Waals surface area (Å²) in [5, 5.41) is 23.1. The maximum atomic E-state index is 12.1. The highest BCUT2D eigenvalue weighted by Gasteiger charge is 2.28. The molecule has 0 unspecified atom stereocenters. The van der Waals surface area contributed by atoms with Gasteiger partial charge in [-0.1, -0.05) is 34.1 Å². The van der Waals surface area contributed by atoms with Crippen LogP contribution in [0.25, 0.3) is 0 Å². The highest BCUT2D eigenvalue weighted by atomic mass is 16.4. The molecule has 0 aliphatic rings. The third-order valence-electron chi connectivity index (χ3n) is 3.70. The lowest BCUT2D eigenvalue weighted by atomic mass is 9.99.